The number of guanidine groups is 1. The van der Waals surface area contributed by atoms with Crippen LogP contribution in [0.3, 0.4) is 0 Å². The monoisotopic (exact) mass is 414 g/mol. The molecule has 6 nitrogen and oxygen atoms in total. The van der Waals surface area contributed by atoms with Gasteiger partial charge in [0.15, 0.2) is 5.96 Å². The third-order valence-electron chi connectivity index (χ3n) is 5.50. The van der Waals surface area contributed by atoms with Crippen molar-refractivity contribution in [2.75, 3.05) is 13.6 Å². The van der Waals surface area contributed by atoms with Crippen molar-refractivity contribution in [3.63, 3.8) is 0 Å². The van der Waals surface area contributed by atoms with Crippen LogP contribution in [0.15, 0.2) is 78.2 Å². The van der Waals surface area contributed by atoms with Crippen LogP contribution >= 0.6 is 0 Å². The van der Waals surface area contributed by atoms with Gasteiger partial charge in [0.05, 0.1) is 0 Å². The van der Waals surface area contributed by atoms with Gasteiger partial charge in [-0.15, -0.1) is 0 Å². The van der Waals surface area contributed by atoms with E-state index in [9.17, 15) is 0 Å². The Hall–Kier alpha value is -3.54. The molecular weight excluding hydrogens is 384 g/mol. The third kappa shape index (κ3) is 5.34. The van der Waals surface area contributed by atoms with Crippen molar-refractivity contribution in [1.29, 1.82) is 0 Å². The standard InChI is InChI=1S/C25H30N6/c1-20-27-13-16-31(20)19-22-8-5-7-21(17-22)18-29-25(26-2)28-12-6-14-30-15-11-23-9-3-4-10-24(23)30/h3-5,7-11,13,15-17H,6,12,14,18-19H2,1-2H3,(H2,26,28,29). The molecule has 160 valence electrons. The summed E-state index contributed by atoms with van der Waals surface area (Å²) in [7, 11) is 1.81. The van der Waals surface area contributed by atoms with E-state index in [1.54, 1.807) is 0 Å². The number of aliphatic imine (C=N–C) groups is 1. The molecule has 0 bridgehead atoms. The van der Waals surface area contributed by atoms with Crippen LogP contribution in [0.2, 0.25) is 0 Å². The number of fused-ring (bicyclic) bond motifs is 1. The Morgan fingerprint density at radius 3 is 2.68 bits per heavy atom. The molecule has 0 aliphatic rings. The average molecular weight is 415 g/mol. The van der Waals surface area contributed by atoms with E-state index in [4.69, 9.17) is 0 Å². The van der Waals surface area contributed by atoms with E-state index in [1.165, 1.54) is 22.0 Å². The first-order valence-electron chi connectivity index (χ1n) is 10.8. The molecule has 4 aromatic rings. The van der Waals surface area contributed by atoms with Crippen LogP contribution in [-0.4, -0.2) is 33.7 Å². The molecule has 0 spiro atoms. The van der Waals surface area contributed by atoms with Crippen LogP contribution in [0.4, 0.5) is 0 Å². The van der Waals surface area contributed by atoms with Gasteiger partial charge in [-0.3, -0.25) is 4.99 Å². The highest BCUT2D eigenvalue weighted by Crippen LogP contribution is 2.15. The Morgan fingerprint density at radius 2 is 1.84 bits per heavy atom. The number of nitrogens with zero attached hydrogens (tertiary/aromatic N) is 4. The lowest BCUT2D eigenvalue weighted by Gasteiger charge is -2.13. The number of benzene rings is 2. The number of para-hydroxylation sites is 1. The molecule has 0 atom stereocenters. The second-order valence-corrected chi connectivity index (χ2v) is 7.70. The van der Waals surface area contributed by atoms with Crippen LogP contribution in [0.5, 0.6) is 0 Å². The van der Waals surface area contributed by atoms with Gasteiger partial charge in [0, 0.05) is 57.3 Å². The van der Waals surface area contributed by atoms with Crippen molar-refractivity contribution in [2.45, 2.75) is 33.0 Å². The predicted molar refractivity (Wildman–Crippen MR) is 127 cm³/mol. The number of hydrogen-bond acceptors (Lipinski definition) is 2. The summed E-state index contributed by atoms with van der Waals surface area (Å²) in [5.41, 5.74) is 3.79. The summed E-state index contributed by atoms with van der Waals surface area (Å²) in [6.45, 7) is 5.44. The van der Waals surface area contributed by atoms with Crippen molar-refractivity contribution in [3.8, 4) is 0 Å². The first-order chi connectivity index (χ1) is 15.2. The SMILES string of the molecule is CN=C(NCCCn1ccc2ccccc21)NCc1cccc(Cn2ccnc2C)c1. The highest BCUT2D eigenvalue weighted by Gasteiger charge is 2.03. The van der Waals surface area contributed by atoms with E-state index in [0.717, 1.165) is 44.4 Å². The average Bonchev–Trinajstić information content (AvgIpc) is 3.39. The maximum absolute atomic E-state index is 4.36. The van der Waals surface area contributed by atoms with Crippen LogP contribution in [-0.2, 0) is 19.6 Å². The topological polar surface area (TPSA) is 59.2 Å². The van der Waals surface area contributed by atoms with Crippen molar-refractivity contribution in [1.82, 2.24) is 24.8 Å². The fourth-order valence-electron chi connectivity index (χ4n) is 3.80. The van der Waals surface area contributed by atoms with Crippen molar-refractivity contribution in [3.05, 3.63) is 90.1 Å². The molecule has 0 aliphatic carbocycles. The lowest BCUT2D eigenvalue weighted by Crippen LogP contribution is -2.37. The van der Waals surface area contributed by atoms with Gasteiger partial charge in [-0.25, -0.2) is 4.98 Å². The zero-order chi connectivity index (χ0) is 21.5. The third-order valence-corrected chi connectivity index (χ3v) is 5.50. The molecule has 0 amide bonds. The van der Waals surface area contributed by atoms with Crippen LogP contribution in [0.25, 0.3) is 10.9 Å². The summed E-state index contributed by atoms with van der Waals surface area (Å²) >= 11 is 0. The fraction of sp³-hybridized carbons (Fsp3) is 0.280. The molecule has 4 rings (SSSR count). The number of aromatic nitrogens is 3. The van der Waals surface area contributed by atoms with Crippen molar-refractivity contribution < 1.29 is 0 Å². The molecule has 6 heteroatoms. The molecule has 2 aromatic heterocycles. The Kier molecular flexibility index (Phi) is 6.67. The smallest absolute Gasteiger partial charge is 0.191 e. The van der Waals surface area contributed by atoms with Gasteiger partial charge >= 0.3 is 0 Å². The van der Waals surface area contributed by atoms with Gasteiger partial charge in [0.25, 0.3) is 0 Å². The van der Waals surface area contributed by atoms with Gasteiger partial charge in [0.2, 0.25) is 0 Å². The summed E-state index contributed by atoms with van der Waals surface area (Å²) in [6.07, 6.45) is 7.05. The molecule has 0 saturated carbocycles. The Balaban J connectivity index is 1.24. The molecular formula is C25H30N6. The Morgan fingerprint density at radius 1 is 0.968 bits per heavy atom. The maximum Gasteiger partial charge on any atom is 0.191 e. The molecule has 2 heterocycles. The molecule has 0 unspecified atom stereocenters. The highest BCUT2D eigenvalue weighted by molar-refractivity contribution is 5.80. The second kappa shape index (κ2) is 9.98. The number of hydrogen-bond donors (Lipinski definition) is 2. The van der Waals surface area contributed by atoms with Gasteiger partial charge < -0.3 is 19.8 Å². The predicted octanol–water partition coefficient (Wildman–Crippen LogP) is 3.95. The first kappa shape index (κ1) is 20.7. The van der Waals surface area contributed by atoms with Crippen LogP contribution < -0.4 is 10.6 Å². The molecule has 2 N–H and O–H groups in total. The summed E-state index contributed by atoms with van der Waals surface area (Å²) in [5, 5.41) is 8.13. The van der Waals surface area contributed by atoms with Gasteiger partial charge in [-0.05, 0) is 42.0 Å². The van der Waals surface area contributed by atoms with Crippen LogP contribution in [0, 0.1) is 6.92 Å². The minimum Gasteiger partial charge on any atom is -0.356 e. The summed E-state index contributed by atoms with van der Waals surface area (Å²) in [4.78, 5) is 8.66. The second-order valence-electron chi connectivity index (χ2n) is 7.70. The zero-order valence-corrected chi connectivity index (χ0v) is 18.3. The zero-order valence-electron chi connectivity index (χ0n) is 18.3. The Bertz CT molecular complexity index is 1150. The van der Waals surface area contributed by atoms with Crippen molar-refractivity contribution in [2.24, 2.45) is 4.99 Å². The number of nitrogens with one attached hydrogen (secondary N) is 2. The van der Waals surface area contributed by atoms with E-state index in [-0.39, 0.29) is 0 Å². The van der Waals surface area contributed by atoms with E-state index in [1.807, 2.05) is 26.4 Å². The minimum absolute atomic E-state index is 0.735. The highest BCUT2D eigenvalue weighted by atomic mass is 15.2. The molecule has 31 heavy (non-hydrogen) atoms. The summed E-state index contributed by atoms with van der Waals surface area (Å²) in [6, 6.07) is 19.3. The quantitative estimate of drug-likeness (QED) is 0.261. The molecule has 0 fully saturated rings. The summed E-state index contributed by atoms with van der Waals surface area (Å²) in [5.74, 6) is 1.86. The number of imidazole rings is 1. The molecule has 2 aromatic carbocycles. The number of aryl methyl sites for hydroxylation is 2. The first-order valence-corrected chi connectivity index (χ1v) is 10.8. The lowest BCUT2D eigenvalue weighted by atomic mass is 10.1. The van der Waals surface area contributed by atoms with E-state index in [0.29, 0.717) is 0 Å². The fourth-order valence-corrected chi connectivity index (χ4v) is 3.80. The van der Waals surface area contributed by atoms with Crippen molar-refractivity contribution >= 4 is 16.9 Å². The normalized spacial score (nSPS) is 11.7. The molecule has 0 radical (unpaired) electrons. The van der Waals surface area contributed by atoms with E-state index in [2.05, 4.69) is 90.5 Å². The largest absolute Gasteiger partial charge is 0.356 e. The van der Waals surface area contributed by atoms with E-state index < -0.39 is 0 Å². The molecule has 0 aliphatic heterocycles. The van der Waals surface area contributed by atoms with Gasteiger partial charge in [0.1, 0.15) is 5.82 Å². The van der Waals surface area contributed by atoms with Crippen LogP contribution in [0.1, 0.15) is 23.4 Å². The lowest BCUT2D eigenvalue weighted by molar-refractivity contribution is 0.640. The van der Waals surface area contributed by atoms with E-state index >= 15 is 0 Å². The Labute approximate surface area is 183 Å². The van der Waals surface area contributed by atoms with Gasteiger partial charge in [-0.1, -0.05) is 42.5 Å². The van der Waals surface area contributed by atoms with Gasteiger partial charge in [-0.2, -0.15) is 0 Å². The molecule has 0 saturated heterocycles. The number of rotatable bonds is 8. The maximum atomic E-state index is 4.36. The minimum atomic E-state index is 0.735. The summed E-state index contributed by atoms with van der Waals surface area (Å²) < 4.78 is 4.46.